The average Bonchev–Trinajstić information content (AvgIpc) is 1.84. The van der Waals surface area contributed by atoms with Gasteiger partial charge < -0.3 is 0 Å². The Kier molecular flexibility index (Phi) is 3.39. The fraction of sp³-hybridized carbons (Fsp3) is 0.800. The van der Waals surface area contributed by atoms with Crippen LogP contribution in [0.3, 0.4) is 0 Å². The molecular formula is C5H10O3. The maximum Gasteiger partial charge on any atom is 0.164 e. The summed E-state index contributed by atoms with van der Waals surface area (Å²) in [6, 6.07) is 0. The second-order valence-electron chi connectivity index (χ2n) is 1.57. The fourth-order valence-electron chi connectivity index (χ4n) is 0.346. The van der Waals surface area contributed by atoms with Crippen molar-refractivity contribution in [3.05, 3.63) is 0 Å². The lowest BCUT2D eigenvalue weighted by molar-refractivity contribution is -0.266. The van der Waals surface area contributed by atoms with Gasteiger partial charge in [0.25, 0.3) is 0 Å². The minimum atomic E-state index is -0.667. The number of hydrogen-bond donors (Lipinski definition) is 1. The molecule has 3 heteroatoms. The first-order valence-corrected chi connectivity index (χ1v) is 2.55. The Bertz CT molecular complexity index is 79.7. The van der Waals surface area contributed by atoms with Gasteiger partial charge in [0.15, 0.2) is 5.78 Å². The van der Waals surface area contributed by atoms with Crippen LogP contribution in [0.2, 0.25) is 0 Å². The van der Waals surface area contributed by atoms with Crippen LogP contribution in [0.25, 0.3) is 0 Å². The monoisotopic (exact) mass is 118 g/mol. The molecule has 0 spiro atoms. The van der Waals surface area contributed by atoms with Crippen LogP contribution in [0.1, 0.15) is 20.3 Å². The van der Waals surface area contributed by atoms with Crippen molar-refractivity contribution in [1.82, 2.24) is 0 Å². The molecule has 0 aliphatic heterocycles. The molecule has 0 aliphatic carbocycles. The van der Waals surface area contributed by atoms with Gasteiger partial charge in [0.05, 0.1) is 0 Å². The third-order valence-electron chi connectivity index (χ3n) is 0.960. The quantitative estimate of drug-likeness (QED) is 0.441. The van der Waals surface area contributed by atoms with Crippen LogP contribution in [0.4, 0.5) is 0 Å². The molecule has 1 unspecified atom stereocenters. The van der Waals surface area contributed by atoms with E-state index >= 15 is 0 Å². The molecule has 0 radical (unpaired) electrons. The maximum absolute atomic E-state index is 10.5. The van der Waals surface area contributed by atoms with E-state index in [1.807, 2.05) is 0 Å². The van der Waals surface area contributed by atoms with Crippen molar-refractivity contribution >= 4 is 5.78 Å². The van der Waals surface area contributed by atoms with Gasteiger partial charge in [-0.05, 0) is 6.92 Å². The van der Waals surface area contributed by atoms with E-state index in [2.05, 4.69) is 4.89 Å². The summed E-state index contributed by atoms with van der Waals surface area (Å²) in [4.78, 5) is 14.2. The molecule has 0 aromatic heterocycles. The fourth-order valence-corrected chi connectivity index (χ4v) is 0.346. The van der Waals surface area contributed by atoms with Crippen LogP contribution < -0.4 is 0 Å². The molecule has 0 saturated carbocycles. The first-order valence-electron chi connectivity index (χ1n) is 2.55. The highest BCUT2D eigenvalue weighted by molar-refractivity contribution is 5.82. The summed E-state index contributed by atoms with van der Waals surface area (Å²) in [7, 11) is 0. The summed E-state index contributed by atoms with van der Waals surface area (Å²) in [5.74, 6) is -0.0903. The lowest BCUT2D eigenvalue weighted by Crippen LogP contribution is -2.17. The summed E-state index contributed by atoms with van der Waals surface area (Å²) in [6.45, 7) is 3.23. The standard InChI is InChI=1S/C5H10O3/c1-3-5(6)4(2)8-7/h4,7H,3H2,1-2H3. The molecule has 0 bridgehead atoms. The summed E-state index contributed by atoms with van der Waals surface area (Å²) >= 11 is 0. The second kappa shape index (κ2) is 3.57. The summed E-state index contributed by atoms with van der Waals surface area (Å²) < 4.78 is 0. The smallest absolute Gasteiger partial charge is 0.164 e. The van der Waals surface area contributed by atoms with Gasteiger partial charge in [-0.25, -0.2) is 4.89 Å². The van der Waals surface area contributed by atoms with Crippen LogP contribution in [0, 0.1) is 0 Å². The molecule has 0 aromatic rings. The van der Waals surface area contributed by atoms with Crippen LogP contribution in [0.15, 0.2) is 0 Å². The van der Waals surface area contributed by atoms with E-state index in [-0.39, 0.29) is 5.78 Å². The topological polar surface area (TPSA) is 46.5 Å². The van der Waals surface area contributed by atoms with Gasteiger partial charge >= 0.3 is 0 Å². The zero-order chi connectivity index (χ0) is 6.57. The Hall–Kier alpha value is -0.410. The molecule has 0 heterocycles. The number of carbonyl (C=O) groups excluding carboxylic acids is 1. The van der Waals surface area contributed by atoms with E-state index in [4.69, 9.17) is 5.26 Å². The van der Waals surface area contributed by atoms with Crippen molar-refractivity contribution in [3.63, 3.8) is 0 Å². The number of ketones is 1. The molecule has 0 fully saturated rings. The number of Topliss-reactive ketones (excluding diaryl/α,β-unsaturated/α-hetero) is 1. The normalized spacial score (nSPS) is 13.4. The van der Waals surface area contributed by atoms with E-state index in [0.717, 1.165) is 0 Å². The molecule has 1 atom stereocenters. The first-order chi connectivity index (χ1) is 3.72. The van der Waals surface area contributed by atoms with Crippen molar-refractivity contribution in [2.75, 3.05) is 0 Å². The summed E-state index contributed by atoms with van der Waals surface area (Å²) in [6.07, 6.45) is -0.262. The number of rotatable bonds is 3. The highest BCUT2D eigenvalue weighted by Crippen LogP contribution is 1.92. The summed E-state index contributed by atoms with van der Waals surface area (Å²) in [5.41, 5.74) is 0. The van der Waals surface area contributed by atoms with Gasteiger partial charge in [-0.3, -0.25) is 10.1 Å². The predicted octanol–water partition coefficient (Wildman–Crippen LogP) is 0.844. The molecule has 0 aromatic carbocycles. The van der Waals surface area contributed by atoms with E-state index in [0.29, 0.717) is 6.42 Å². The van der Waals surface area contributed by atoms with E-state index in [1.165, 1.54) is 6.92 Å². The second-order valence-corrected chi connectivity index (χ2v) is 1.57. The zero-order valence-corrected chi connectivity index (χ0v) is 5.05. The maximum atomic E-state index is 10.5. The van der Waals surface area contributed by atoms with Gasteiger partial charge in [-0.2, -0.15) is 0 Å². The molecular weight excluding hydrogens is 108 g/mol. The molecule has 8 heavy (non-hydrogen) atoms. The van der Waals surface area contributed by atoms with Crippen LogP contribution in [-0.2, 0) is 9.68 Å². The Morgan fingerprint density at radius 3 is 2.50 bits per heavy atom. The van der Waals surface area contributed by atoms with E-state index < -0.39 is 6.10 Å². The van der Waals surface area contributed by atoms with Gasteiger partial charge in [-0.15, -0.1) is 0 Å². The molecule has 1 N–H and O–H groups in total. The number of hydrogen-bond acceptors (Lipinski definition) is 3. The predicted molar refractivity (Wildman–Crippen MR) is 28.5 cm³/mol. The van der Waals surface area contributed by atoms with Crippen molar-refractivity contribution in [1.29, 1.82) is 0 Å². The van der Waals surface area contributed by atoms with Gasteiger partial charge in [0, 0.05) is 6.42 Å². The highest BCUT2D eigenvalue weighted by Gasteiger charge is 2.08. The highest BCUT2D eigenvalue weighted by atomic mass is 17.1. The Labute approximate surface area is 48.2 Å². The van der Waals surface area contributed by atoms with Crippen LogP contribution >= 0.6 is 0 Å². The average molecular weight is 118 g/mol. The minimum absolute atomic E-state index is 0.0903. The first kappa shape index (κ1) is 7.59. The third kappa shape index (κ3) is 2.04. The molecule has 0 aliphatic rings. The van der Waals surface area contributed by atoms with Gasteiger partial charge in [-0.1, -0.05) is 6.92 Å². The molecule has 48 valence electrons. The molecule has 0 rings (SSSR count). The van der Waals surface area contributed by atoms with E-state index in [1.54, 1.807) is 6.92 Å². The number of carbonyl (C=O) groups is 1. The largest absolute Gasteiger partial charge is 0.297 e. The van der Waals surface area contributed by atoms with Crippen molar-refractivity contribution in [3.8, 4) is 0 Å². The van der Waals surface area contributed by atoms with Crippen molar-refractivity contribution in [2.24, 2.45) is 0 Å². The molecule has 0 saturated heterocycles. The Morgan fingerprint density at radius 1 is 1.88 bits per heavy atom. The zero-order valence-electron chi connectivity index (χ0n) is 5.05. The van der Waals surface area contributed by atoms with E-state index in [9.17, 15) is 4.79 Å². The minimum Gasteiger partial charge on any atom is -0.297 e. The lowest BCUT2D eigenvalue weighted by atomic mass is 10.2. The van der Waals surface area contributed by atoms with Crippen LogP contribution in [0.5, 0.6) is 0 Å². The van der Waals surface area contributed by atoms with Gasteiger partial charge in [0.1, 0.15) is 6.10 Å². The lowest BCUT2D eigenvalue weighted by Gasteiger charge is -2.01. The Balaban J connectivity index is 3.46. The molecule has 3 nitrogen and oxygen atoms in total. The van der Waals surface area contributed by atoms with Crippen LogP contribution in [-0.4, -0.2) is 17.1 Å². The van der Waals surface area contributed by atoms with Crippen molar-refractivity contribution in [2.45, 2.75) is 26.4 Å². The molecule has 0 amide bonds. The van der Waals surface area contributed by atoms with Crippen molar-refractivity contribution < 1.29 is 14.9 Å². The third-order valence-corrected chi connectivity index (χ3v) is 0.960. The SMILES string of the molecule is CCC(=O)C(C)OO. The van der Waals surface area contributed by atoms with Gasteiger partial charge in [0.2, 0.25) is 0 Å². The Morgan fingerprint density at radius 2 is 2.38 bits per heavy atom. The summed E-state index contributed by atoms with van der Waals surface area (Å²) in [5, 5.41) is 7.92.